The highest BCUT2D eigenvalue weighted by atomic mass is 32.2. The lowest BCUT2D eigenvalue weighted by Gasteiger charge is -2.32. The van der Waals surface area contributed by atoms with Crippen LogP contribution in [-0.2, 0) is 11.2 Å². The molecule has 1 saturated carbocycles. The second kappa shape index (κ2) is 5.78. The average molecular weight is 291 g/mol. The second-order valence-electron chi connectivity index (χ2n) is 5.92. The molecule has 108 valence electrons. The Bertz CT molecular complexity index is 472. The van der Waals surface area contributed by atoms with Crippen LogP contribution in [0.4, 0.5) is 0 Å². The van der Waals surface area contributed by atoms with Gasteiger partial charge in [-0.05, 0) is 30.9 Å². The first-order valence-corrected chi connectivity index (χ1v) is 8.29. The summed E-state index contributed by atoms with van der Waals surface area (Å²) in [4.78, 5) is 13.5. The Hall–Kier alpha value is -1.00. The lowest BCUT2D eigenvalue weighted by Crippen LogP contribution is -2.46. The Morgan fingerprint density at radius 3 is 2.80 bits per heavy atom. The number of hydrogen-bond donors (Lipinski definition) is 2. The van der Waals surface area contributed by atoms with Crippen LogP contribution in [0.15, 0.2) is 29.2 Å². The molecule has 1 aromatic rings. The molecule has 1 heterocycles. The summed E-state index contributed by atoms with van der Waals surface area (Å²) in [5, 5.41) is 13.3. The minimum absolute atomic E-state index is 0.0420. The third-order valence-corrected chi connectivity index (χ3v) is 5.63. The van der Waals surface area contributed by atoms with Crippen LogP contribution in [0.5, 0.6) is 0 Å². The van der Waals surface area contributed by atoms with Gasteiger partial charge in [0.05, 0.1) is 10.9 Å². The summed E-state index contributed by atoms with van der Waals surface area (Å²) >= 11 is 1.64. The third kappa shape index (κ3) is 3.01. The summed E-state index contributed by atoms with van der Waals surface area (Å²) in [6.07, 6.45) is 5.75. The van der Waals surface area contributed by atoms with Gasteiger partial charge in [-0.3, -0.25) is 4.79 Å². The van der Waals surface area contributed by atoms with Gasteiger partial charge in [0.1, 0.15) is 0 Å². The summed E-state index contributed by atoms with van der Waals surface area (Å²) in [6.45, 7) is 0.402. The number of thioether (sulfide) groups is 1. The SMILES string of the molecule is O=C(NCC1(O)CCCCC1)C1Cc2ccccc2S1. The van der Waals surface area contributed by atoms with Crippen molar-refractivity contribution in [2.45, 2.75) is 54.3 Å². The first-order valence-electron chi connectivity index (χ1n) is 7.41. The molecular weight excluding hydrogens is 270 g/mol. The predicted molar refractivity (Wildman–Crippen MR) is 80.8 cm³/mol. The Kier molecular flexibility index (Phi) is 4.03. The molecule has 1 amide bonds. The van der Waals surface area contributed by atoms with Gasteiger partial charge in [-0.25, -0.2) is 0 Å². The largest absolute Gasteiger partial charge is 0.388 e. The number of benzene rings is 1. The zero-order valence-electron chi connectivity index (χ0n) is 11.6. The third-order valence-electron chi connectivity index (χ3n) is 4.32. The standard InChI is InChI=1S/C16H21NO2S/c18-15(17-11-16(19)8-4-1-5-9-16)14-10-12-6-2-3-7-13(12)20-14/h2-3,6-7,14,19H,1,4-5,8-11H2,(H,17,18). The van der Waals surface area contributed by atoms with Crippen LogP contribution >= 0.6 is 11.8 Å². The van der Waals surface area contributed by atoms with E-state index in [1.165, 1.54) is 16.9 Å². The van der Waals surface area contributed by atoms with Crippen molar-refractivity contribution >= 4 is 17.7 Å². The van der Waals surface area contributed by atoms with Gasteiger partial charge in [0.25, 0.3) is 0 Å². The van der Waals surface area contributed by atoms with E-state index in [-0.39, 0.29) is 11.2 Å². The molecule has 4 heteroatoms. The van der Waals surface area contributed by atoms with Crippen LogP contribution in [0.25, 0.3) is 0 Å². The van der Waals surface area contributed by atoms with Gasteiger partial charge < -0.3 is 10.4 Å². The number of carbonyl (C=O) groups is 1. The molecule has 0 bridgehead atoms. The first-order chi connectivity index (χ1) is 9.66. The Morgan fingerprint density at radius 1 is 1.30 bits per heavy atom. The molecule has 1 aliphatic heterocycles. The Morgan fingerprint density at radius 2 is 2.05 bits per heavy atom. The molecule has 1 aliphatic carbocycles. The molecule has 1 aromatic carbocycles. The quantitative estimate of drug-likeness (QED) is 0.899. The van der Waals surface area contributed by atoms with E-state index in [9.17, 15) is 9.90 Å². The van der Waals surface area contributed by atoms with Crippen LogP contribution < -0.4 is 5.32 Å². The maximum absolute atomic E-state index is 12.3. The average Bonchev–Trinajstić information content (AvgIpc) is 2.89. The Balaban J connectivity index is 1.53. The minimum Gasteiger partial charge on any atom is -0.388 e. The van der Waals surface area contributed by atoms with E-state index >= 15 is 0 Å². The van der Waals surface area contributed by atoms with Gasteiger partial charge in [-0.1, -0.05) is 37.5 Å². The summed E-state index contributed by atoms with van der Waals surface area (Å²) < 4.78 is 0. The van der Waals surface area contributed by atoms with Crippen LogP contribution in [0.2, 0.25) is 0 Å². The van der Waals surface area contributed by atoms with Crippen molar-refractivity contribution in [1.29, 1.82) is 0 Å². The van der Waals surface area contributed by atoms with Gasteiger partial charge in [-0.15, -0.1) is 11.8 Å². The summed E-state index contributed by atoms with van der Waals surface area (Å²) in [5.41, 5.74) is 0.582. The first kappa shape index (κ1) is 14.0. The van der Waals surface area contributed by atoms with Crippen molar-refractivity contribution in [3.63, 3.8) is 0 Å². The molecule has 2 N–H and O–H groups in total. The van der Waals surface area contributed by atoms with Crippen molar-refractivity contribution in [3.05, 3.63) is 29.8 Å². The smallest absolute Gasteiger partial charge is 0.233 e. The van der Waals surface area contributed by atoms with Crippen molar-refractivity contribution in [3.8, 4) is 0 Å². The molecule has 3 nitrogen and oxygen atoms in total. The number of nitrogens with one attached hydrogen (secondary N) is 1. The van der Waals surface area contributed by atoms with E-state index in [0.29, 0.717) is 6.54 Å². The van der Waals surface area contributed by atoms with Crippen LogP contribution in [0.3, 0.4) is 0 Å². The fourth-order valence-corrected chi connectivity index (χ4v) is 4.30. The topological polar surface area (TPSA) is 49.3 Å². The minimum atomic E-state index is -0.677. The highest BCUT2D eigenvalue weighted by molar-refractivity contribution is 8.01. The van der Waals surface area contributed by atoms with E-state index in [0.717, 1.165) is 32.1 Å². The normalized spacial score (nSPS) is 24.1. The van der Waals surface area contributed by atoms with Gasteiger partial charge in [0, 0.05) is 11.4 Å². The molecule has 2 aliphatic rings. The Labute approximate surface area is 124 Å². The number of aliphatic hydroxyl groups is 1. The van der Waals surface area contributed by atoms with Gasteiger partial charge in [-0.2, -0.15) is 0 Å². The molecule has 1 atom stereocenters. The van der Waals surface area contributed by atoms with E-state index in [1.807, 2.05) is 12.1 Å². The van der Waals surface area contributed by atoms with E-state index in [4.69, 9.17) is 0 Å². The maximum atomic E-state index is 12.3. The molecule has 0 saturated heterocycles. The lowest BCUT2D eigenvalue weighted by atomic mass is 9.85. The van der Waals surface area contributed by atoms with Crippen molar-refractivity contribution in [2.24, 2.45) is 0 Å². The summed E-state index contributed by atoms with van der Waals surface area (Å²) in [5.74, 6) is 0.0604. The molecule has 3 rings (SSSR count). The van der Waals surface area contributed by atoms with Crippen molar-refractivity contribution in [2.75, 3.05) is 6.54 Å². The van der Waals surface area contributed by atoms with E-state index in [2.05, 4.69) is 17.4 Å². The number of hydrogen-bond acceptors (Lipinski definition) is 3. The van der Waals surface area contributed by atoms with Crippen LogP contribution in [0.1, 0.15) is 37.7 Å². The fourth-order valence-electron chi connectivity index (χ4n) is 3.08. The summed E-state index contributed by atoms with van der Waals surface area (Å²) in [7, 11) is 0. The van der Waals surface area contributed by atoms with Crippen molar-refractivity contribution in [1.82, 2.24) is 5.32 Å². The molecule has 0 radical (unpaired) electrons. The monoisotopic (exact) mass is 291 g/mol. The maximum Gasteiger partial charge on any atom is 0.233 e. The van der Waals surface area contributed by atoms with Gasteiger partial charge >= 0.3 is 0 Å². The summed E-state index contributed by atoms with van der Waals surface area (Å²) in [6, 6.07) is 8.19. The molecule has 0 spiro atoms. The van der Waals surface area contributed by atoms with Crippen molar-refractivity contribution < 1.29 is 9.90 Å². The molecule has 1 unspecified atom stereocenters. The van der Waals surface area contributed by atoms with Crippen LogP contribution in [0, 0.1) is 0 Å². The number of amides is 1. The zero-order chi connectivity index (χ0) is 14.0. The van der Waals surface area contributed by atoms with Gasteiger partial charge in [0.2, 0.25) is 5.91 Å². The molecular formula is C16H21NO2S. The number of carbonyl (C=O) groups excluding carboxylic acids is 1. The molecule has 0 aromatic heterocycles. The lowest BCUT2D eigenvalue weighted by molar-refractivity contribution is -0.122. The highest BCUT2D eigenvalue weighted by Crippen LogP contribution is 2.37. The van der Waals surface area contributed by atoms with Crippen LogP contribution in [-0.4, -0.2) is 28.4 Å². The highest BCUT2D eigenvalue weighted by Gasteiger charge is 2.32. The van der Waals surface area contributed by atoms with Gasteiger partial charge in [0.15, 0.2) is 0 Å². The number of rotatable bonds is 3. The molecule has 1 fully saturated rings. The van der Waals surface area contributed by atoms with E-state index in [1.54, 1.807) is 11.8 Å². The number of fused-ring (bicyclic) bond motifs is 1. The predicted octanol–water partition coefficient (Wildman–Crippen LogP) is 2.51. The fraction of sp³-hybridized carbons (Fsp3) is 0.562. The second-order valence-corrected chi connectivity index (χ2v) is 7.17. The molecule has 20 heavy (non-hydrogen) atoms. The zero-order valence-corrected chi connectivity index (χ0v) is 12.4. The van der Waals surface area contributed by atoms with E-state index < -0.39 is 5.60 Å².